The summed E-state index contributed by atoms with van der Waals surface area (Å²) in [6, 6.07) is 11.9. The highest BCUT2D eigenvalue weighted by Crippen LogP contribution is 2.35. The average molecular weight is 326 g/mol. The van der Waals surface area contributed by atoms with Crippen LogP contribution in [0.15, 0.2) is 53.7 Å². The molecule has 0 fully saturated rings. The lowest BCUT2D eigenvalue weighted by molar-refractivity contribution is -0.384. The maximum atomic E-state index is 11.0. The molecule has 1 atom stereocenters. The number of hydrogen-bond acceptors (Lipinski definition) is 6. The number of nitro benzene ring substituents is 1. The highest BCUT2D eigenvalue weighted by Gasteiger charge is 2.39. The lowest BCUT2D eigenvalue weighted by Gasteiger charge is -2.33. The average Bonchev–Trinajstić information content (AvgIpc) is 3.01. The van der Waals surface area contributed by atoms with Gasteiger partial charge in [-0.15, -0.1) is 5.06 Å². The molecule has 24 heavy (non-hydrogen) atoms. The van der Waals surface area contributed by atoms with E-state index >= 15 is 0 Å². The number of hydroxylamine groups is 2. The third-order valence-electron chi connectivity index (χ3n) is 3.56. The fourth-order valence-corrected chi connectivity index (χ4v) is 2.43. The molecule has 1 aromatic carbocycles. The van der Waals surface area contributed by atoms with Gasteiger partial charge in [0.05, 0.1) is 16.2 Å². The number of pyridine rings is 1. The van der Waals surface area contributed by atoms with E-state index in [0.717, 1.165) is 5.69 Å². The minimum Gasteiger partial charge on any atom is -0.382 e. The lowest BCUT2D eigenvalue weighted by Crippen LogP contribution is -2.41. The standard InChI is InChI=1S/C17H18N4O3/c1-17(2,3)20-15(14-9-4-5-10-18-14)19-16(24-20)12-7-6-8-13(11-12)21(22)23/h4-11,15H,1-3H3. The fourth-order valence-electron chi connectivity index (χ4n) is 2.43. The Labute approximate surface area is 139 Å². The normalized spacial score (nSPS) is 18.1. The van der Waals surface area contributed by atoms with Gasteiger partial charge in [0, 0.05) is 23.9 Å². The molecular weight excluding hydrogens is 308 g/mol. The zero-order valence-electron chi connectivity index (χ0n) is 13.7. The smallest absolute Gasteiger partial charge is 0.270 e. The Morgan fingerprint density at radius 3 is 2.62 bits per heavy atom. The second-order valence-corrected chi connectivity index (χ2v) is 6.46. The molecule has 7 nitrogen and oxygen atoms in total. The van der Waals surface area contributed by atoms with Crippen LogP contribution >= 0.6 is 0 Å². The molecule has 0 saturated heterocycles. The molecule has 0 radical (unpaired) electrons. The van der Waals surface area contributed by atoms with Gasteiger partial charge in [-0.2, -0.15) is 0 Å². The first-order valence-electron chi connectivity index (χ1n) is 7.57. The Hall–Kier alpha value is -2.80. The number of aliphatic imine (C=N–C) groups is 1. The van der Waals surface area contributed by atoms with Crippen LogP contribution < -0.4 is 0 Å². The van der Waals surface area contributed by atoms with Crippen molar-refractivity contribution in [2.75, 3.05) is 0 Å². The van der Waals surface area contributed by atoms with Crippen LogP contribution in [0.25, 0.3) is 0 Å². The van der Waals surface area contributed by atoms with Crippen LogP contribution in [0.2, 0.25) is 0 Å². The highest BCUT2D eigenvalue weighted by molar-refractivity contribution is 5.95. The van der Waals surface area contributed by atoms with Crippen molar-refractivity contribution in [3.05, 3.63) is 70.0 Å². The van der Waals surface area contributed by atoms with Gasteiger partial charge in [-0.25, -0.2) is 4.99 Å². The van der Waals surface area contributed by atoms with Crippen molar-refractivity contribution in [1.82, 2.24) is 10.0 Å². The van der Waals surface area contributed by atoms with Crippen LogP contribution in [0.5, 0.6) is 0 Å². The molecule has 1 aliphatic heterocycles. The van der Waals surface area contributed by atoms with Gasteiger partial charge in [0.15, 0.2) is 6.17 Å². The molecule has 2 aromatic rings. The molecule has 124 valence electrons. The number of rotatable bonds is 3. The van der Waals surface area contributed by atoms with Crippen molar-refractivity contribution in [3.63, 3.8) is 0 Å². The lowest BCUT2D eigenvalue weighted by atomic mass is 10.1. The zero-order valence-corrected chi connectivity index (χ0v) is 13.7. The molecule has 0 bridgehead atoms. The summed E-state index contributed by atoms with van der Waals surface area (Å²) in [7, 11) is 0. The number of non-ortho nitro benzene ring substituents is 1. The summed E-state index contributed by atoms with van der Waals surface area (Å²) in [5, 5.41) is 12.7. The molecule has 2 heterocycles. The van der Waals surface area contributed by atoms with Crippen LogP contribution in [-0.4, -0.2) is 26.4 Å². The predicted octanol–water partition coefficient (Wildman–Crippen LogP) is 3.48. The number of nitro groups is 1. The number of nitrogens with zero attached hydrogens (tertiary/aromatic N) is 4. The minimum atomic E-state index is -0.434. The van der Waals surface area contributed by atoms with Crippen LogP contribution in [0.1, 0.15) is 38.2 Å². The molecule has 0 saturated carbocycles. The molecule has 0 aliphatic carbocycles. The van der Waals surface area contributed by atoms with Crippen molar-refractivity contribution in [1.29, 1.82) is 0 Å². The van der Waals surface area contributed by atoms with E-state index in [0.29, 0.717) is 11.5 Å². The summed E-state index contributed by atoms with van der Waals surface area (Å²) in [4.78, 5) is 25.5. The van der Waals surface area contributed by atoms with E-state index in [-0.39, 0.29) is 11.2 Å². The summed E-state index contributed by atoms with van der Waals surface area (Å²) in [6.07, 6.45) is 1.30. The maximum Gasteiger partial charge on any atom is 0.270 e. The second-order valence-electron chi connectivity index (χ2n) is 6.46. The summed E-state index contributed by atoms with van der Waals surface area (Å²) in [5.74, 6) is 0.351. The first-order valence-corrected chi connectivity index (χ1v) is 7.57. The van der Waals surface area contributed by atoms with Crippen molar-refractivity contribution in [2.45, 2.75) is 32.5 Å². The topological polar surface area (TPSA) is 80.9 Å². The molecule has 1 aromatic heterocycles. The van der Waals surface area contributed by atoms with E-state index in [1.807, 2.05) is 39.0 Å². The molecule has 1 aliphatic rings. The van der Waals surface area contributed by atoms with Gasteiger partial charge < -0.3 is 4.84 Å². The molecule has 7 heteroatoms. The Kier molecular flexibility index (Phi) is 4.02. The number of aromatic nitrogens is 1. The van der Waals surface area contributed by atoms with Gasteiger partial charge in [-0.05, 0) is 39.0 Å². The highest BCUT2D eigenvalue weighted by atomic mass is 16.7. The predicted molar refractivity (Wildman–Crippen MR) is 89.3 cm³/mol. The summed E-state index contributed by atoms with van der Waals surface area (Å²) in [6.45, 7) is 6.03. The van der Waals surface area contributed by atoms with Crippen molar-refractivity contribution < 1.29 is 9.76 Å². The van der Waals surface area contributed by atoms with E-state index in [1.54, 1.807) is 23.4 Å². The van der Waals surface area contributed by atoms with Crippen molar-refractivity contribution >= 4 is 11.6 Å². The largest absolute Gasteiger partial charge is 0.382 e. The molecule has 1 unspecified atom stereocenters. The van der Waals surface area contributed by atoms with E-state index in [1.165, 1.54) is 12.1 Å². The quantitative estimate of drug-likeness (QED) is 0.637. The SMILES string of the molecule is CC(C)(C)N1OC(c2cccc([N+](=O)[O-])c2)=NC1c1ccccn1. The molecule has 0 N–H and O–H groups in total. The van der Waals surface area contributed by atoms with E-state index in [9.17, 15) is 10.1 Å². The van der Waals surface area contributed by atoms with Gasteiger partial charge in [0.25, 0.3) is 5.69 Å². The Morgan fingerprint density at radius 2 is 2.00 bits per heavy atom. The van der Waals surface area contributed by atoms with Crippen molar-refractivity contribution in [3.8, 4) is 0 Å². The van der Waals surface area contributed by atoms with Crippen LogP contribution in [0.3, 0.4) is 0 Å². The van der Waals surface area contributed by atoms with Crippen LogP contribution in [-0.2, 0) is 4.84 Å². The Bertz CT molecular complexity index is 784. The third-order valence-corrected chi connectivity index (χ3v) is 3.56. The molecular formula is C17H18N4O3. The fraction of sp³-hybridized carbons (Fsp3) is 0.294. The second kappa shape index (κ2) is 6.01. The minimum absolute atomic E-state index is 0.00222. The maximum absolute atomic E-state index is 11.0. The molecule has 0 amide bonds. The Morgan fingerprint density at radius 1 is 1.21 bits per heavy atom. The van der Waals surface area contributed by atoms with E-state index in [2.05, 4.69) is 9.98 Å². The van der Waals surface area contributed by atoms with Crippen LogP contribution in [0.4, 0.5) is 5.69 Å². The van der Waals surface area contributed by atoms with E-state index < -0.39 is 11.1 Å². The summed E-state index contributed by atoms with van der Waals surface area (Å²) < 4.78 is 0. The van der Waals surface area contributed by atoms with Gasteiger partial charge in [-0.3, -0.25) is 15.1 Å². The monoisotopic (exact) mass is 326 g/mol. The van der Waals surface area contributed by atoms with Gasteiger partial charge in [-0.1, -0.05) is 12.1 Å². The first-order chi connectivity index (χ1) is 11.4. The first kappa shape index (κ1) is 16.1. The zero-order chi connectivity index (χ0) is 17.3. The van der Waals surface area contributed by atoms with E-state index in [4.69, 9.17) is 4.84 Å². The molecule has 0 spiro atoms. The summed E-state index contributed by atoms with van der Waals surface area (Å²) >= 11 is 0. The molecule has 3 rings (SSSR count). The van der Waals surface area contributed by atoms with Crippen molar-refractivity contribution in [2.24, 2.45) is 4.99 Å². The van der Waals surface area contributed by atoms with Gasteiger partial charge in [0.2, 0.25) is 5.90 Å². The van der Waals surface area contributed by atoms with Crippen LogP contribution in [0, 0.1) is 10.1 Å². The number of hydrogen-bond donors (Lipinski definition) is 0. The Balaban J connectivity index is 2.01. The summed E-state index contributed by atoms with van der Waals surface area (Å²) in [5.41, 5.74) is 1.00. The number of benzene rings is 1. The third kappa shape index (κ3) is 3.11. The van der Waals surface area contributed by atoms with Gasteiger partial charge >= 0.3 is 0 Å². The van der Waals surface area contributed by atoms with Gasteiger partial charge in [0.1, 0.15) is 0 Å².